The molecule has 0 heterocycles. The Balaban J connectivity index is 2.05. The molecule has 172 valence electrons. The zero-order chi connectivity index (χ0) is 23.7. The lowest BCUT2D eigenvalue weighted by Gasteiger charge is -2.29. The van der Waals surface area contributed by atoms with Crippen LogP contribution in [0, 0.1) is 10.1 Å². The van der Waals surface area contributed by atoms with Gasteiger partial charge in [-0.1, -0.05) is 47.1 Å². The fourth-order valence-electron chi connectivity index (χ4n) is 2.89. The van der Waals surface area contributed by atoms with Crippen molar-refractivity contribution in [3.63, 3.8) is 0 Å². The first kappa shape index (κ1) is 25.9. The van der Waals surface area contributed by atoms with Gasteiger partial charge in [0, 0.05) is 34.9 Å². The number of benzene rings is 2. The van der Waals surface area contributed by atoms with Crippen LogP contribution in [0.4, 0.5) is 5.69 Å². The van der Waals surface area contributed by atoms with Crippen molar-refractivity contribution in [2.75, 3.05) is 5.75 Å². The number of halogens is 1. The van der Waals surface area contributed by atoms with Crippen LogP contribution >= 0.6 is 27.7 Å². The minimum Gasteiger partial charge on any atom is -0.352 e. The number of hydrogen-bond acceptors (Lipinski definition) is 5. The average Bonchev–Trinajstić information content (AvgIpc) is 2.78. The Morgan fingerprint density at radius 3 is 2.25 bits per heavy atom. The van der Waals surface area contributed by atoms with Crippen molar-refractivity contribution in [3.05, 3.63) is 74.2 Å². The van der Waals surface area contributed by atoms with Gasteiger partial charge in [-0.3, -0.25) is 19.7 Å². The summed E-state index contributed by atoms with van der Waals surface area (Å²) in [4.78, 5) is 37.7. The van der Waals surface area contributed by atoms with Gasteiger partial charge in [-0.05, 0) is 43.5 Å². The fraction of sp³-hybridized carbons (Fsp3) is 0.391. The molecule has 0 saturated heterocycles. The Bertz CT molecular complexity index is 922. The second-order valence-electron chi connectivity index (χ2n) is 7.56. The predicted octanol–water partition coefficient (Wildman–Crippen LogP) is 4.92. The van der Waals surface area contributed by atoms with Crippen molar-refractivity contribution in [1.82, 2.24) is 10.2 Å². The standard InChI is InChI=1S/C23H28BrN3O4S/c1-4-16(2)25-23(29)17(3)26(13-18-5-9-20(24)10-6-18)22(28)15-32-14-19-7-11-21(12-8-19)27(30)31/h5-12,16-17H,4,13-15H2,1-3H3,(H,25,29)/t16-,17-/m0/s1. The van der Waals surface area contributed by atoms with Crippen LogP contribution in [0.2, 0.25) is 0 Å². The molecule has 2 amide bonds. The molecule has 32 heavy (non-hydrogen) atoms. The first-order valence-corrected chi connectivity index (χ1v) is 12.3. The molecule has 0 aromatic heterocycles. The van der Waals surface area contributed by atoms with Gasteiger partial charge in [0.15, 0.2) is 0 Å². The average molecular weight is 522 g/mol. The molecule has 7 nitrogen and oxygen atoms in total. The molecule has 0 spiro atoms. The molecule has 2 rings (SSSR count). The lowest BCUT2D eigenvalue weighted by Crippen LogP contribution is -2.50. The summed E-state index contributed by atoms with van der Waals surface area (Å²) in [5, 5.41) is 13.7. The molecule has 2 aromatic rings. The van der Waals surface area contributed by atoms with Crippen molar-refractivity contribution in [2.45, 2.75) is 51.6 Å². The van der Waals surface area contributed by atoms with Gasteiger partial charge in [0.1, 0.15) is 6.04 Å². The maximum absolute atomic E-state index is 13.1. The highest BCUT2D eigenvalue weighted by atomic mass is 79.9. The Hall–Kier alpha value is -2.39. The SMILES string of the molecule is CC[C@H](C)NC(=O)[C@H](C)N(Cc1ccc(Br)cc1)C(=O)CSCc1ccc([N+](=O)[O-])cc1. The number of nitro groups is 1. The van der Waals surface area contributed by atoms with E-state index >= 15 is 0 Å². The van der Waals surface area contributed by atoms with Crippen LogP contribution in [0.5, 0.6) is 0 Å². The Labute approximate surface area is 201 Å². The molecular weight excluding hydrogens is 494 g/mol. The number of nitrogens with zero attached hydrogens (tertiary/aromatic N) is 2. The first-order valence-electron chi connectivity index (χ1n) is 10.4. The molecule has 0 aliphatic heterocycles. The molecule has 9 heteroatoms. The third-order valence-corrected chi connectivity index (χ3v) is 6.59. The molecule has 0 bridgehead atoms. The molecule has 2 aromatic carbocycles. The van der Waals surface area contributed by atoms with E-state index in [-0.39, 0.29) is 29.3 Å². The molecule has 1 N–H and O–H groups in total. The third kappa shape index (κ3) is 7.94. The Morgan fingerprint density at radius 2 is 1.69 bits per heavy atom. The van der Waals surface area contributed by atoms with Crippen LogP contribution < -0.4 is 5.32 Å². The van der Waals surface area contributed by atoms with Crippen LogP contribution in [-0.4, -0.2) is 39.5 Å². The summed E-state index contributed by atoms with van der Waals surface area (Å²) in [6.45, 7) is 6.01. The minimum absolute atomic E-state index is 0.0334. The normalized spacial score (nSPS) is 12.6. The Morgan fingerprint density at radius 1 is 1.09 bits per heavy atom. The molecule has 0 saturated carbocycles. The van der Waals surface area contributed by atoms with Crippen LogP contribution in [0.3, 0.4) is 0 Å². The van der Waals surface area contributed by atoms with Gasteiger partial charge in [-0.25, -0.2) is 0 Å². The summed E-state index contributed by atoms with van der Waals surface area (Å²) in [5.74, 6) is 0.439. The van der Waals surface area contributed by atoms with E-state index < -0.39 is 11.0 Å². The molecular formula is C23H28BrN3O4S. The molecule has 0 unspecified atom stereocenters. The van der Waals surface area contributed by atoms with E-state index in [1.54, 1.807) is 24.0 Å². The molecule has 0 fully saturated rings. The van der Waals surface area contributed by atoms with Gasteiger partial charge in [0.25, 0.3) is 5.69 Å². The van der Waals surface area contributed by atoms with Crippen molar-refractivity contribution in [3.8, 4) is 0 Å². The van der Waals surface area contributed by atoms with E-state index in [2.05, 4.69) is 21.2 Å². The largest absolute Gasteiger partial charge is 0.352 e. The number of non-ortho nitro benzene ring substituents is 1. The van der Waals surface area contributed by atoms with Crippen LogP contribution in [0.15, 0.2) is 53.0 Å². The minimum atomic E-state index is -0.611. The van der Waals surface area contributed by atoms with E-state index in [0.717, 1.165) is 22.0 Å². The number of rotatable bonds is 11. The number of amides is 2. The van der Waals surface area contributed by atoms with E-state index in [0.29, 0.717) is 12.3 Å². The van der Waals surface area contributed by atoms with Gasteiger partial charge in [0.2, 0.25) is 11.8 Å². The van der Waals surface area contributed by atoms with Crippen LogP contribution in [0.1, 0.15) is 38.3 Å². The van der Waals surface area contributed by atoms with Crippen LogP contribution in [-0.2, 0) is 21.9 Å². The number of nitro benzene ring substituents is 1. The highest BCUT2D eigenvalue weighted by Crippen LogP contribution is 2.19. The van der Waals surface area contributed by atoms with Crippen molar-refractivity contribution in [1.29, 1.82) is 0 Å². The summed E-state index contributed by atoms with van der Waals surface area (Å²) >= 11 is 4.83. The smallest absolute Gasteiger partial charge is 0.269 e. The van der Waals surface area contributed by atoms with Crippen molar-refractivity contribution < 1.29 is 14.5 Å². The summed E-state index contributed by atoms with van der Waals surface area (Å²) in [7, 11) is 0. The second kappa shape index (κ2) is 12.6. The monoisotopic (exact) mass is 521 g/mol. The zero-order valence-corrected chi connectivity index (χ0v) is 20.8. The Kier molecular flexibility index (Phi) is 10.2. The number of carbonyl (C=O) groups excluding carboxylic acids is 2. The summed E-state index contributed by atoms with van der Waals surface area (Å²) in [6.07, 6.45) is 0.810. The van der Waals surface area contributed by atoms with E-state index in [4.69, 9.17) is 0 Å². The molecule has 2 atom stereocenters. The predicted molar refractivity (Wildman–Crippen MR) is 131 cm³/mol. The van der Waals surface area contributed by atoms with Gasteiger partial charge in [0.05, 0.1) is 10.7 Å². The molecule has 0 aliphatic rings. The topological polar surface area (TPSA) is 92.6 Å². The maximum atomic E-state index is 13.1. The van der Waals surface area contributed by atoms with Gasteiger partial charge < -0.3 is 10.2 Å². The molecule has 0 aliphatic carbocycles. The van der Waals surface area contributed by atoms with Gasteiger partial charge >= 0.3 is 0 Å². The summed E-state index contributed by atoms with van der Waals surface area (Å²) < 4.78 is 0.945. The second-order valence-corrected chi connectivity index (χ2v) is 9.46. The van der Waals surface area contributed by atoms with Gasteiger partial charge in [-0.2, -0.15) is 0 Å². The highest BCUT2D eigenvalue weighted by molar-refractivity contribution is 9.10. The van der Waals surface area contributed by atoms with Crippen LogP contribution in [0.25, 0.3) is 0 Å². The summed E-state index contributed by atoms with van der Waals surface area (Å²) in [6, 6.07) is 13.4. The number of carbonyl (C=O) groups is 2. The quantitative estimate of drug-likeness (QED) is 0.334. The third-order valence-electron chi connectivity index (χ3n) is 5.08. The van der Waals surface area contributed by atoms with E-state index in [1.807, 2.05) is 38.1 Å². The molecule has 0 radical (unpaired) electrons. The fourth-order valence-corrected chi connectivity index (χ4v) is 4.02. The lowest BCUT2D eigenvalue weighted by atomic mass is 10.1. The maximum Gasteiger partial charge on any atom is 0.269 e. The number of hydrogen-bond donors (Lipinski definition) is 1. The van der Waals surface area contributed by atoms with E-state index in [9.17, 15) is 19.7 Å². The van der Waals surface area contributed by atoms with Crippen molar-refractivity contribution >= 4 is 45.2 Å². The first-order chi connectivity index (χ1) is 15.2. The number of thioether (sulfide) groups is 1. The highest BCUT2D eigenvalue weighted by Gasteiger charge is 2.26. The zero-order valence-electron chi connectivity index (χ0n) is 18.4. The lowest BCUT2D eigenvalue weighted by molar-refractivity contribution is -0.384. The summed E-state index contributed by atoms with van der Waals surface area (Å²) in [5.41, 5.74) is 1.87. The van der Waals surface area contributed by atoms with Crippen molar-refractivity contribution in [2.24, 2.45) is 0 Å². The number of nitrogens with one attached hydrogen (secondary N) is 1. The van der Waals surface area contributed by atoms with E-state index in [1.165, 1.54) is 23.9 Å². The van der Waals surface area contributed by atoms with Gasteiger partial charge in [-0.15, -0.1) is 11.8 Å².